The average Bonchev–Trinajstić information content (AvgIpc) is 3.18. The third-order valence-corrected chi connectivity index (χ3v) is 6.09. The lowest BCUT2D eigenvalue weighted by Crippen LogP contribution is -2.46. The van der Waals surface area contributed by atoms with E-state index in [1.807, 2.05) is 13.1 Å². The molecule has 2 atom stereocenters. The summed E-state index contributed by atoms with van der Waals surface area (Å²) >= 11 is 0. The molecule has 0 saturated carbocycles. The zero-order chi connectivity index (χ0) is 19.8. The molecule has 0 aliphatic carbocycles. The second kappa shape index (κ2) is 10.8. The molecule has 2 aliphatic heterocycles. The number of hydrogen-bond donors (Lipinski definition) is 1. The number of benzene rings is 1. The first kappa shape index (κ1) is 21.1. The molecule has 156 valence electrons. The van der Waals surface area contributed by atoms with Crippen LogP contribution in [0.2, 0.25) is 0 Å². The zero-order valence-electron chi connectivity index (χ0n) is 17.9. The zero-order valence-corrected chi connectivity index (χ0v) is 17.9. The second-order valence-electron chi connectivity index (χ2n) is 8.63. The first-order valence-corrected chi connectivity index (χ1v) is 11.0. The molecule has 28 heavy (non-hydrogen) atoms. The summed E-state index contributed by atoms with van der Waals surface area (Å²) in [4.78, 5) is 9.56. The number of ether oxygens (including phenoxy) is 1. The Morgan fingerprint density at radius 2 is 1.96 bits per heavy atom. The van der Waals surface area contributed by atoms with Gasteiger partial charge in [0.1, 0.15) is 0 Å². The summed E-state index contributed by atoms with van der Waals surface area (Å²) in [7, 11) is 1.91. The van der Waals surface area contributed by atoms with E-state index in [1.54, 1.807) is 0 Å². The van der Waals surface area contributed by atoms with Crippen LogP contribution in [0, 0.1) is 11.8 Å². The molecule has 1 N–H and O–H groups in total. The third kappa shape index (κ3) is 6.21. The van der Waals surface area contributed by atoms with Crippen LogP contribution in [-0.4, -0.2) is 68.2 Å². The number of hydrogen-bond acceptors (Lipinski definition) is 3. The molecule has 3 rings (SSSR count). The molecular weight excluding hydrogens is 348 g/mol. The van der Waals surface area contributed by atoms with Crippen molar-refractivity contribution in [3.8, 4) is 0 Å². The van der Waals surface area contributed by atoms with E-state index in [0.717, 1.165) is 38.1 Å². The lowest BCUT2D eigenvalue weighted by molar-refractivity contribution is 0.0906. The molecule has 1 aromatic rings. The van der Waals surface area contributed by atoms with E-state index in [9.17, 15) is 0 Å². The van der Waals surface area contributed by atoms with Crippen molar-refractivity contribution in [2.75, 3.05) is 46.4 Å². The molecule has 0 amide bonds. The maximum Gasteiger partial charge on any atom is 0.193 e. The van der Waals surface area contributed by atoms with E-state index in [-0.39, 0.29) is 0 Å². The Bertz CT molecular complexity index is 604. The summed E-state index contributed by atoms with van der Waals surface area (Å²) in [5.41, 5.74) is 1.25. The number of piperidine rings is 1. The van der Waals surface area contributed by atoms with Gasteiger partial charge in [-0.1, -0.05) is 30.3 Å². The van der Waals surface area contributed by atoms with Crippen molar-refractivity contribution < 1.29 is 4.74 Å². The van der Waals surface area contributed by atoms with Crippen LogP contribution in [0.5, 0.6) is 0 Å². The Labute approximate surface area is 171 Å². The smallest absolute Gasteiger partial charge is 0.193 e. The predicted molar refractivity (Wildman–Crippen MR) is 117 cm³/mol. The van der Waals surface area contributed by atoms with Crippen molar-refractivity contribution in [3.05, 3.63) is 35.9 Å². The van der Waals surface area contributed by atoms with Gasteiger partial charge in [0.2, 0.25) is 0 Å². The van der Waals surface area contributed by atoms with E-state index in [0.29, 0.717) is 18.6 Å². The molecule has 5 heteroatoms. The molecular formula is C23H38N4O. The number of likely N-dealkylation sites (tertiary alicyclic amines) is 2. The van der Waals surface area contributed by atoms with Gasteiger partial charge in [0.05, 0.1) is 13.2 Å². The maximum absolute atomic E-state index is 5.96. The van der Waals surface area contributed by atoms with Crippen LogP contribution in [0.15, 0.2) is 35.3 Å². The van der Waals surface area contributed by atoms with Crippen LogP contribution in [0.25, 0.3) is 0 Å². The van der Waals surface area contributed by atoms with Gasteiger partial charge >= 0.3 is 0 Å². The van der Waals surface area contributed by atoms with Crippen LogP contribution >= 0.6 is 0 Å². The third-order valence-electron chi connectivity index (χ3n) is 6.09. The van der Waals surface area contributed by atoms with Gasteiger partial charge in [0.25, 0.3) is 0 Å². The monoisotopic (exact) mass is 386 g/mol. The fourth-order valence-electron chi connectivity index (χ4n) is 4.38. The highest BCUT2D eigenvalue weighted by Crippen LogP contribution is 2.19. The second-order valence-corrected chi connectivity index (χ2v) is 8.63. The molecule has 5 nitrogen and oxygen atoms in total. The summed E-state index contributed by atoms with van der Waals surface area (Å²) in [5, 5.41) is 3.65. The number of aliphatic imine (C=N–C) groups is 1. The summed E-state index contributed by atoms with van der Waals surface area (Å²) in [6.45, 7) is 11.7. The topological polar surface area (TPSA) is 40.1 Å². The molecule has 0 aromatic heterocycles. The van der Waals surface area contributed by atoms with Gasteiger partial charge in [0, 0.05) is 45.2 Å². The highest BCUT2D eigenvalue weighted by Gasteiger charge is 2.26. The van der Waals surface area contributed by atoms with Gasteiger partial charge in [-0.2, -0.15) is 0 Å². The van der Waals surface area contributed by atoms with Crippen molar-refractivity contribution in [3.63, 3.8) is 0 Å². The minimum Gasteiger partial charge on any atom is -0.376 e. The molecule has 1 aromatic carbocycles. The van der Waals surface area contributed by atoms with Gasteiger partial charge in [-0.25, -0.2) is 0 Å². The molecule has 0 radical (unpaired) electrons. The Hall–Kier alpha value is -1.59. The SMILES string of the molecule is CN=C(NCC1CCCN(C(C)C)C1)N1CCC(COCc2ccccc2)C1. The van der Waals surface area contributed by atoms with Crippen LogP contribution in [0.3, 0.4) is 0 Å². The minimum atomic E-state index is 0.591. The number of nitrogens with zero attached hydrogens (tertiary/aromatic N) is 3. The Kier molecular flexibility index (Phi) is 8.16. The summed E-state index contributed by atoms with van der Waals surface area (Å²) in [6, 6.07) is 11.1. The van der Waals surface area contributed by atoms with Crippen LogP contribution < -0.4 is 5.32 Å². The Morgan fingerprint density at radius 3 is 2.71 bits per heavy atom. The molecule has 2 heterocycles. The predicted octanol–water partition coefficient (Wildman–Crippen LogP) is 3.22. The summed E-state index contributed by atoms with van der Waals surface area (Å²) in [6.07, 6.45) is 3.82. The fraction of sp³-hybridized carbons (Fsp3) is 0.696. The highest BCUT2D eigenvalue weighted by molar-refractivity contribution is 5.80. The van der Waals surface area contributed by atoms with E-state index in [4.69, 9.17) is 4.74 Å². The molecule has 2 saturated heterocycles. The van der Waals surface area contributed by atoms with Crippen molar-refractivity contribution in [1.82, 2.24) is 15.1 Å². The van der Waals surface area contributed by atoms with Crippen molar-refractivity contribution in [2.45, 2.75) is 45.8 Å². The van der Waals surface area contributed by atoms with Gasteiger partial charge in [0.15, 0.2) is 5.96 Å². The number of nitrogens with one attached hydrogen (secondary N) is 1. The number of guanidine groups is 1. The molecule has 2 aliphatic rings. The first-order chi connectivity index (χ1) is 13.7. The van der Waals surface area contributed by atoms with Crippen LogP contribution in [0.1, 0.15) is 38.7 Å². The highest BCUT2D eigenvalue weighted by atomic mass is 16.5. The largest absolute Gasteiger partial charge is 0.376 e. The summed E-state index contributed by atoms with van der Waals surface area (Å²) in [5.74, 6) is 2.38. The van der Waals surface area contributed by atoms with E-state index in [2.05, 4.69) is 58.2 Å². The fourth-order valence-corrected chi connectivity index (χ4v) is 4.38. The van der Waals surface area contributed by atoms with Crippen molar-refractivity contribution >= 4 is 5.96 Å². The Morgan fingerprint density at radius 1 is 1.14 bits per heavy atom. The number of rotatable bonds is 7. The molecule has 0 bridgehead atoms. The van der Waals surface area contributed by atoms with Gasteiger partial charge in [-0.15, -0.1) is 0 Å². The lowest BCUT2D eigenvalue weighted by Gasteiger charge is -2.36. The summed E-state index contributed by atoms with van der Waals surface area (Å²) < 4.78 is 5.96. The van der Waals surface area contributed by atoms with Gasteiger partial charge in [-0.05, 0) is 51.1 Å². The van der Waals surface area contributed by atoms with Gasteiger partial charge in [-0.3, -0.25) is 4.99 Å². The average molecular weight is 387 g/mol. The van der Waals surface area contributed by atoms with E-state index in [1.165, 1.54) is 37.9 Å². The minimum absolute atomic E-state index is 0.591. The molecule has 2 unspecified atom stereocenters. The quantitative estimate of drug-likeness (QED) is 0.577. The van der Waals surface area contributed by atoms with Crippen LogP contribution in [0.4, 0.5) is 0 Å². The first-order valence-electron chi connectivity index (χ1n) is 11.0. The van der Waals surface area contributed by atoms with Crippen LogP contribution in [-0.2, 0) is 11.3 Å². The van der Waals surface area contributed by atoms with Crippen molar-refractivity contribution in [1.29, 1.82) is 0 Å². The molecule has 2 fully saturated rings. The maximum atomic E-state index is 5.96. The normalized spacial score (nSPS) is 24.1. The van der Waals surface area contributed by atoms with E-state index >= 15 is 0 Å². The van der Waals surface area contributed by atoms with Gasteiger partial charge < -0.3 is 19.9 Å². The molecule has 0 spiro atoms. The standard InChI is InChI=1S/C23H38N4O/c1-19(2)26-12-7-10-21(15-26)14-25-23(24-3)27-13-11-22(16-27)18-28-17-20-8-5-4-6-9-20/h4-6,8-9,19,21-22H,7,10-18H2,1-3H3,(H,24,25). The van der Waals surface area contributed by atoms with E-state index < -0.39 is 0 Å². The lowest BCUT2D eigenvalue weighted by atomic mass is 9.97. The van der Waals surface area contributed by atoms with Crippen molar-refractivity contribution in [2.24, 2.45) is 16.8 Å². The Balaban J connectivity index is 1.38.